The first-order valence-electron chi connectivity index (χ1n) is 12.6. The second kappa shape index (κ2) is 25.3. The maximum atomic E-state index is 11.4. The predicted molar refractivity (Wildman–Crippen MR) is 132 cm³/mol. The van der Waals surface area contributed by atoms with E-state index >= 15 is 0 Å². The van der Waals surface area contributed by atoms with E-state index in [1.165, 1.54) is 0 Å². The minimum atomic E-state index is -0.154. The molecule has 0 bridgehead atoms. The first kappa shape index (κ1) is 31.3. The van der Waals surface area contributed by atoms with Crippen LogP contribution in [0.3, 0.4) is 0 Å². The van der Waals surface area contributed by atoms with Crippen molar-refractivity contribution in [3.63, 3.8) is 0 Å². The number of rotatable bonds is 26. The molecule has 0 fully saturated rings. The molecule has 1 aromatic rings. The molecule has 9 nitrogen and oxygen atoms in total. The molecule has 0 saturated carbocycles. The first-order chi connectivity index (χ1) is 17.3. The van der Waals surface area contributed by atoms with Gasteiger partial charge < -0.3 is 37.9 Å². The lowest BCUT2D eigenvalue weighted by molar-refractivity contribution is -0.145. The zero-order valence-electron chi connectivity index (χ0n) is 21.3. The van der Waals surface area contributed by atoms with Gasteiger partial charge in [0.2, 0.25) is 0 Å². The highest BCUT2D eigenvalue weighted by molar-refractivity contribution is 5.69. The number of carbonyl (C=O) groups is 1. The van der Waals surface area contributed by atoms with Crippen molar-refractivity contribution >= 4 is 5.97 Å². The van der Waals surface area contributed by atoms with Gasteiger partial charge in [0.25, 0.3) is 0 Å². The Morgan fingerprint density at radius 3 is 1.46 bits per heavy atom. The van der Waals surface area contributed by atoms with Gasteiger partial charge in [-0.1, -0.05) is 38.0 Å². The lowest BCUT2D eigenvalue weighted by Gasteiger charge is -2.09. The van der Waals surface area contributed by atoms with Crippen LogP contribution in [0.5, 0.6) is 5.75 Å². The average molecular weight is 501 g/mol. The summed E-state index contributed by atoms with van der Waals surface area (Å²) in [5, 5.41) is 0. The molecule has 1 rings (SSSR count). The Bertz CT molecular complexity index is 571. The summed E-state index contributed by atoms with van der Waals surface area (Å²) >= 11 is 0. The maximum absolute atomic E-state index is 11.4. The van der Waals surface area contributed by atoms with E-state index in [9.17, 15) is 4.79 Å². The number of para-hydroxylation sites is 1. The molecular formula is C26H44O9. The van der Waals surface area contributed by atoms with Crippen molar-refractivity contribution in [2.45, 2.75) is 32.6 Å². The van der Waals surface area contributed by atoms with Crippen LogP contribution in [-0.2, 0) is 38.0 Å². The Labute approximate surface area is 210 Å². The van der Waals surface area contributed by atoms with Gasteiger partial charge >= 0.3 is 5.97 Å². The van der Waals surface area contributed by atoms with E-state index in [-0.39, 0.29) is 12.6 Å². The molecule has 0 saturated heterocycles. The van der Waals surface area contributed by atoms with Gasteiger partial charge in [0.15, 0.2) is 0 Å². The van der Waals surface area contributed by atoms with Gasteiger partial charge in [-0.2, -0.15) is 0 Å². The molecule has 202 valence electrons. The summed E-state index contributed by atoms with van der Waals surface area (Å²) in [5.41, 5.74) is 0. The zero-order chi connectivity index (χ0) is 25.1. The van der Waals surface area contributed by atoms with Gasteiger partial charge in [0.05, 0.1) is 79.3 Å². The molecule has 0 aliphatic heterocycles. The van der Waals surface area contributed by atoms with Crippen LogP contribution in [0.25, 0.3) is 0 Å². The summed E-state index contributed by atoms with van der Waals surface area (Å²) in [6.45, 7) is 8.86. The van der Waals surface area contributed by atoms with Gasteiger partial charge in [-0.25, -0.2) is 0 Å². The van der Waals surface area contributed by atoms with E-state index in [0.717, 1.165) is 25.0 Å². The van der Waals surface area contributed by atoms with Gasteiger partial charge in [-0.3, -0.25) is 4.79 Å². The van der Waals surface area contributed by atoms with Crippen LogP contribution >= 0.6 is 0 Å². The standard InChI is InChI=1S/C26H44O9/c1-2-3-5-10-26(27)35-24-22-33-20-18-31-16-14-29-12-11-28-13-15-30-17-19-32-21-23-34-25-8-6-4-7-9-25/h4,6-9H,2-3,5,10-24H2,1H3. The first-order valence-corrected chi connectivity index (χ1v) is 12.6. The number of hydrogen-bond acceptors (Lipinski definition) is 9. The second-order valence-electron chi connectivity index (χ2n) is 7.51. The highest BCUT2D eigenvalue weighted by Crippen LogP contribution is 2.07. The van der Waals surface area contributed by atoms with E-state index < -0.39 is 0 Å². The van der Waals surface area contributed by atoms with Gasteiger partial charge in [0, 0.05) is 6.42 Å². The highest BCUT2D eigenvalue weighted by Gasteiger charge is 2.01. The predicted octanol–water partition coefficient (Wildman–Crippen LogP) is 3.29. The Hall–Kier alpha value is -1.75. The lowest BCUT2D eigenvalue weighted by Crippen LogP contribution is -2.15. The monoisotopic (exact) mass is 500 g/mol. The molecule has 1 aromatic carbocycles. The van der Waals surface area contributed by atoms with Crippen LogP contribution in [0, 0.1) is 0 Å². The molecule has 0 N–H and O–H groups in total. The highest BCUT2D eigenvalue weighted by atomic mass is 16.6. The Balaban J connectivity index is 1.67. The molecule has 0 atom stereocenters. The average Bonchev–Trinajstić information content (AvgIpc) is 2.88. The van der Waals surface area contributed by atoms with E-state index in [1.54, 1.807) is 0 Å². The van der Waals surface area contributed by atoms with Crippen LogP contribution in [0.2, 0.25) is 0 Å². The largest absolute Gasteiger partial charge is 0.491 e. The van der Waals surface area contributed by atoms with Gasteiger partial charge in [0.1, 0.15) is 19.0 Å². The summed E-state index contributed by atoms with van der Waals surface area (Å²) in [5.74, 6) is 0.689. The fraction of sp³-hybridized carbons (Fsp3) is 0.731. The summed E-state index contributed by atoms with van der Waals surface area (Å²) in [4.78, 5) is 11.4. The summed E-state index contributed by atoms with van der Waals surface area (Å²) in [6, 6.07) is 9.66. The van der Waals surface area contributed by atoms with Crippen molar-refractivity contribution in [1.82, 2.24) is 0 Å². The smallest absolute Gasteiger partial charge is 0.305 e. The summed E-state index contributed by atoms with van der Waals surface area (Å²) in [7, 11) is 0. The number of ether oxygens (including phenoxy) is 8. The van der Waals surface area contributed by atoms with Crippen LogP contribution < -0.4 is 4.74 Å². The number of hydrogen-bond donors (Lipinski definition) is 0. The van der Waals surface area contributed by atoms with E-state index in [1.807, 2.05) is 30.3 Å². The zero-order valence-corrected chi connectivity index (χ0v) is 21.3. The third-order valence-corrected chi connectivity index (χ3v) is 4.57. The molecule has 0 amide bonds. The number of benzene rings is 1. The Morgan fingerprint density at radius 2 is 1.00 bits per heavy atom. The van der Waals surface area contributed by atoms with Crippen LogP contribution in [-0.4, -0.2) is 98.5 Å². The lowest BCUT2D eigenvalue weighted by atomic mass is 10.2. The molecule has 0 spiro atoms. The number of esters is 1. The third kappa shape index (κ3) is 22.5. The second-order valence-corrected chi connectivity index (χ2v) is 7.51. The van der Waals surface area contributed by atoms with Crippen molar-refractivity contribution in [2.75, 3.05) is 92.5 Å². The molecule has 0 heterocycles. The minimum absolute atomic E-state index is 0.154. The minimum Gasteiger partial charge on any atom is -0.491 e. The molecule has 0 aliphatic carbocycles. The van der Waals surface area contributed by atoms with Crippen LogP contribution in [0.15, 0.2) is 30.3 Å². The van der Waals surface area contributed by atoms with Crippen molar-refractivity contribution in [3.05, 3.63) is 30.3 Å². The van der Waals surface area contributed by atoms with Crippen LogP contribution in [0.1, 0.15) is 32.6 Å². The number of unbranched alkanes of at least 4 members (excludes halogenated alkanes) is 2. The fourth-order valence-electron chi connectivity index (χ4n) is 2.74. The Kier molecular flexibility index (Phi) is 22.7. The summed E-state index contributed by atoms with van der Waals surface area (Å²) < 4.78 is 43.2. The van der Waals surface area contributed by atoms with E-state index in [4.69, 9.17) is 37.9 Å². The van der Waals surface area contributed by atoms with Gasteiger partial charge in [-0.05, 0) is 18.6 Å². The molecular weight excluding hydrogens is 456 g/mol. The quantitative estimate of drug-likeness (QED) is 0.140. The third-order valence-electron chi connectivity index (χ3n) is 4.57. The number of carbonyl (C=O) groups excluding carboxylic acids is 1. The molecule has 0 aromatic heterocycles. The van der Waals surface area contributed by atoms with E-state index in [0.29, 0.717) is 92.3 Å². The normalized spacial score (nSPS) is 11.0. The molecule has 0 aliphatic rings. The molecule has 9 heteroatoms. The molecule has 0 radical (unpaired) electrons. The van der Waals surface area contributed by atoms with Crippen LogP contribution in [0.4, 0.5) is 0 Å². The van der Waals surface area contributed by atoms with Gasteiger partial charge in [-0.15, -0.1) is 0 Å². The van der Waals surface area contributed by atoms with Crippen molar-refractivity contribution in [2.24, 2.45) is 0 Å². The SMILES string of the molecule is CCCCCC(=O)OCCOCCOCCOCCOCCOCCOCCOc1ccccc1. The van der Waals surface area contributed by atoms with Crippen molar-refractivity contribution in [1.29, 1.82) is 0 Å². The van der Waals surface area contributed by atoms with Crippen molar-refractivity contribution < 1.29 is 42.7 Å². The summed E-state index contributed by atoms with van der Waals surface area (Å²) in [6.07, 6.45) is 3.52. The maximum Gasteiger partial charge on any atom is 0.305 e. The topological polar surface area (TPSA) is 90.9 Å². The molecule has 35 heavy (non-hydrogen) atoms. The fourth-order valence-corrected chi connectivity index (χ4v) is 2.74. The van der Waals surface area contributed by atoms with Crippen molar-refractivity contribution in [3.8, 4) is 5.75 Å². The Morgan fingerprint density at radius 1 is 0.571 bits per heavy atom. The van der Waals surface area contributed by atoms with E-state index in [2.05, 4.69) is 6.92 Å². The molecule has 0 unspecified atom stereocenters.